The van der Waals surface area contributed by atoms with Gasteiger partial charge >= 0.3 is 5.97 Å². The molecule has 0 saturated carbocycles. The maximum Gasteiger partial charge on any atom is 0.308 e. The lowest BCUT2D eigenvalue weighted by atomic mass is 9.91. The molecule has 1 aliphatic heterocycles. The van der Waals surface area contributed by atoms with Crippen LogP contribution in [-0.2, 0) is 27.4 Å². The molecule has 2 aromatic carbocycles. The molecule has 2 atom stereocenters. The highest BCUT2D eigenvalue weighted by Crippen LogP contribution is 2.33. The summed E-state index contributed by atoms with van der Waals surface area (Å²) in [7, 11) is 0. The maximum absolute atomic E-state index is 15.4. The largest absolute Gasteiger partial charge is 0.466 e. The van der Waals surface area contributed by atoms with Crippen molar-refractivity contribution in [2.24, 2.45) is 5.92 Å². The summed E-state index contributed by atoms with van der Waals surface area (Å²) in [4.78, 5) is 43.9. The SMILES string of the molecule is CCOC(=O)C[C@H](NC(=O)[C@H](CC(C)C)NC(=O)c1ccc2c(n1)CNC2)c1cc(-c2c(C)cc(F)cc2C)cc(F)c1F.Cl. The first-order valence-corrected chi connectivity index (χ1v) is 14.6. The molecule has 3 N–H and O–H groups in total. The van der Waals surface area contributed by atoms with E-state index < -0.39 is 53.7 Å². The number of aromatic nitrogens is 1. The van der Waals surface area contributed by atoms with Crippen molar-refractivity contribution in [1.29, 1.82) is 0 Å². The number of hydrogen-bond donors (Lipinski definition) is 3. The zero-order chi connectivity index (χ0) is 32.1. The molecule has 0 unspecified atom stereocenters. The second kappa shape index (κ2) is 15.4. The van der Waals surface area contributed by atoms with E-state index in [4.69, 9.17) is 4.74 Å². The van der Waals surface area contributed by atoms with E-state index in [9.17, 15) is 18.8 Å². The van der Waals surface area contributed by atoms with Gasteiger partial charge in [-0.25, -0.2) is 18.2 Å². The number of rotatable bonds is 11. The molecular formula is C33H38ClF3N4O4. The number of benzene rings is 2. The molecule has 0 radical (unpaired) electrons. The number of pyridine rings is 1. The van der Waals surface area contributed by atoms with Crippen molar-refractivity contribution < 1.29 is 32.3 Å². The van der Waals surface area contributed by atoms with Crippen LogP contribution >= 0.6 is 12.4 Å². The van der Waals surface area contributed by atoms with Crippen molar-refractivity contribution in [3.63, 3.8) is 0 Å². The van der Waals surface area contributed by atoms with E-state index >= 15 is 8.78 Å². The quantitative estimate of drug-likeness (QED) is 0.229. The lowest BCUT2D eigenvalue weighted by Crippen LogP contribution is -2.48. The van der Waals surface area contributed by atoms with Crippen LogP contribution in [0.3, 0.4) is 0 Å². The minimum absolute atomic E-state index is 0. The van der Waals surface area contributed by atoms with Crippen molar-refractivity contribution in [1.82, 2.24) is 20.9 Å². The summed E-state index contributed by atoms with van der Waals surface area (Å²) in [5.74, 6) is -4.95. The molecule has 4 rings (SSSR count). The third-order valence-corrected chi connectivity index (χ3v) is 7.45. The van der Waals surface area contributed by atoms with E-state index in [1.54, 1.807) is 32.9 Å². The van der Waals surface area contributed by atoms with Crippen LogP contribution in [0.1, 0.15) is 78.1 Å². The number of aryl methyl sites for hydroxylation is 2. The number of halogens is 4. The number of carbonyl (C=O) groups excluding carboxylic acids is 3. The van der Waals surface area contributed by atoms with Crippen LogP contribution < -0.4 is 16.0 Å². The Bertz CT molecular complexity index is 1560. The van der Waals surface area contributed by atoms with Crippen LogP contribution in [0.15, 0.2) is 36.4 Å². The molecule has 2 amide bonds. The van der Waals surface area contributed by atoms with Gasteiger partial charge in [0.25, 0.3) is 5.91 Å². The highest BCUT2D eigenvalue weighted by molar-refractivity contribution is 5.96. The van der Waals surface area contributed by atoms with E-state index in [0.717, 1.165) is 17.3 Å². The molecular weight excluding hydrogens is 609 g/mol. The first kappa shape index (κ1) is 35.5. The van der Waals surface area contributed by atoms with Crippen molar-refractivity contribution >= 4 is 30.2 Å². The van der Waals surface area contributed by atoms with Gasteiger partial charge in [0.15, 0.2) is 11.6 Å². The molecule has 0 fully saturated rings. The lowest BCUT2D eigenvalue weighted by Gasteiger charge is -2.25. The molecule has 0 bridgehead atoms. The average molecular weight is 647 g/mol. The number of amides is 2. The Kier molecular flexibility index (Phi) is 12.1. The monoisotopic (exact) mass is 646 g/mol. The Balaban J connectivity index is 0.00000552. The lowest BCUT2D eigenvalue weighted by molar-refractivity contribution is -0.143. The van der Waals surface area contributed by atoms with Gasteiger partial charge in [0.2, 0.25) is 5.91 Å². The molecule has 1 aliphatic rings. The number of esters is 1. The summed E-state index contributed by atoms with van der Waals surface area (Å²) in [6.07, 6.45) is -0.274. The fourth-order valence-corrected chi connectivity index (χ4v) is 5.49. The Morgan fingerprint density at radius 3 is 2.33 bits per heavy atom. The fourth-order valence-electron chi connectivity index (χ4n) is 5.49. The van der Waals surface area contributed by atoms with Gasteiger partial charge in [-0.2, -0.15) is 0 Å². The van der Waals surface area contributed by atoms with Gasteiger partial charge in [0, 0.05) is 18.7 Å². The molecule has 0 aliphatic carbocycles. The summed E-state index contributed by atoms with van der Waals surface area (Å²) >= 11 is 0. The van der Waals surface area contributed by atoms with E-state index in [1.807, 2.05) is 13.8 Å². The van der Waals surface area contributed by atoms with Crippen LogP contribution in [0.4, 0.5) is 13.2 Å². The molecule has 8 nitrogen and oxygen atoms in total. The van der Waals surface area contributed by atoms with E-state index in [2.05, 4.69) is 20.9 Å². The van der Waals surface area contributed by atoms with Crippen molar-refractivity contribution in [2.45, 2.75) is 72.6 Å². The Labute approximate surface area is 266 Å². The Hall–Kier alpha value is -3.96. The predicted molar refractivity (Wildman–Crippen MR) is 166 cm³/mol. The number of carbonyl (C=O) groups is 3. The molecule has 12 heteroatoms. The summed E-state index contributed by atoms with van der Waals surface area (Å²) in [5.41, 5.74) is 3.34. The molecule has 0 saturated heterocycles. The smallest absolute Gasteiger partial charge is 0.308 e. The van der Waals surface area contributed by atoms with Gasteiger partial charge in [-0.05, 0) is 91.3 Å². The normalized spacial score (nSPS) is 13.4. The van der Waals surface area contributed by atoms with Gasteiger partial charge in [-0.3, -0.25) is 14.4 Å². The second-order valence-electron chi connectivity index (χ2n) is 11.4. The van der Waals surface area contributed by atoms with E-state index in [-0.39, 0.29) is 48.2 Å². The molecule has 242 valence electrons. The van der Waals surface area contributed by atoms with Crippen LogP contribution in [0.2, 0.25) is 0 Å². The number of nitrogens with zero attached hydrogens (tertiary/aromatic N) is 1. The summed E-state index contributed by atoms with van der Waals surface area (Å²) < 4.78 is 49.6. The second-order valence-corrected chi connectivity index (χ2v) is 11.4. The minimum Gasteiger partial charge on any atom is -0.466 e. The number of ether oxygens (including phenoxy) is 1. The van der Waals surface area contributed by atoms with Crippen LogP contribution in [0, 0.1) is 37.2 Å². The van der Waals surface area contributed by atoms with Crippen LogP contribution in [0.25, 0.3) is 11.1 Å². The van der Waals surface area contributed by atoms with E-state index in [0.29, 0.717) is 29.8 Å². The standard InChI is InChI=1S/C33H37F3N4O4.ClH/c1-6-44-29(41)14-26(23-12-21(13-24(35)31(23)36)30-18(4)10-22(34)11-19(30)5)39-33(43)27(9-17(2)3)40-32(42)25-8-7-20-15-37-16-28(20)38-25;/h7-8,10-13,17,26-27,37H,6,9,14-16H2,1-5H3,(H,39,43)(H,40,42);1H/t26-,27-;/m0./s1. The molecule has 1 aromatic heterocycles. The predicted octanol–water partition coefficient (Wildman–Crippen LogP) is 5.76. The summed E-state index contributed by atoms with van der Waals surface area (Å²) in [5, 5.41) is 8.54. The van der Waals surface area contributed by atoms with Gasteiger partial charge in [0.1, 0.15) is 17.6 Å². The maximum atomic E-state index is 15.4. The van der Waals surface area contributed by atoms with Crippen LogP contribution in [0.5, 0.6) is 0 Å². The van der Waals surface area contributed by atoms with Crippen molar-refractivity contribution in [2.75, 3.05) is 6.61 Å². The topological polar surface area (TPSA) is 109 Å². The van der Waals surface area contributed by atoms with Gasteiger partial charge in [0.05, 0.1) is 24.8 Å². The number of fused-ring (bicyclic) bond motifs is 1. The number of nitrogens with one attached hydrogen (secondary N) is 3. The van der Waals surface area contributed by atoms with Crippen molar-refractivity contribution in [3.8, 4) is 11.1 Å². The minimum atomic E-state index is -1.34. The molecule has 0 spiro atoms. The highest BCUT2D eigenvalue weighted by Gasteiger charge is 2.30. The average Bonchev–Trinajstić information content (AvgIpc) is 3.41. The van der Waals surface area contributed by atoms with Crippen LogP contribution in [-0.4, -0.2) is 35.4 Å². The highest BCUT2D eigenvalue weighted by atomic mass is 35.5. The summed E-state index contributed by atoms with van der Waals surface area (Å²) in [6.45, 7) is 9.86. The molecule has 3 aromatic rings. The Morgan fingerprint density at radius 1 is 1.00 bits per heavy atom. The van der Waals surface area contributed by atoms with E-state index in [1.165, 1.54) is 18.2 Å². The Morgan fingerprint density at radius 2 is 1.69 bits per heavy atom. The first-order valence-electron chi connectivity index (χ1n) is 14.6. The first-order chi connectivity index (χ1) is 20.9. The molecule has 45 heavy (non-hydrogen) atoms. The van der Waals surface area contributed by atoms with Gasteiger partial charge < -0.3 is 20.7 Å². The number of hydrogen-bond acceptors (Lipinski definition) is 6. The zero-order valence-electron chi connectivity index (χ0n) is 25.9. The third-order valence-electron chi connectivity index (χ3n) is 7.45. The zero-order valence-corrected chi connectivity index (χ0v) is 26.7. The van der Waals surface area contributed by atoms with Gasteiger partial charge in [-0.15, -0.1) is 12.4 Å². The van der Waals surface area contributed by atoms with Gasteiger partial charge in [-0.1, -0.05) is 19.9 Å². The summed E-state index contributed by atoms with van der Waals surface area (Å²) in [6, 6.07) is 5.88. The fraction of sp³-hybridized carbons (Fsp3) is 0.394. The molecule has 2 heterocycles. The van der Waals surface area contributed by atoms with Crippen molar-refractivity contribution in [3.05, 3.63) is 87.5 Å². The third kappa shape index (κ3) is 8.61.